The Morgan fingerprint density at radius 3 is 2.94 bits per heavy atom. The second kappa shape index (κ2) is 8.97. The van der Waals surface area contributed by atoms with Crippen LogP contribution in [0.25, 0.3) is 0 Å². The van der Waals surface area contributed by atoms with Crippen molar-refractivity contribution in [3.63, 3.8) is 0 Å². The normalized spacial score (nSPS) is 22.5. The van der Waals surface area contributed by atoms with E-state index in [1.54, 1.807) is 0 Å². The zero-order valence-corrected chi connectivity index (χ0v) is 10.7. The van der Waals surface area contributed by atoms with Gasteiger partial charge in [0.05, 0.1) is 6.10 Å². The molecule has 0 spiro atoms. The summed E-state index contributed by atoms with van der Waals surface area (Å²) in [5.74, 6) is 0.828. The van der Waals surface area contributed by atoms with Crippen LogP contribution in [0.15, 0.2) is 0 Å². The molecule has 0 radical (unpaired) electrons. The molecule has 0 aromatic carbocycles. The summed E-state index contributed by atoms with van der Waals surface area (Å²) >= 11 is 0. The van der Waals surface area contributed by atoms with Gasteiger partial charge in [0.1, 0.15) is 0 Å². The van der Waals surface area contributed by atoms with Crippen LogP contribution >= 0.6 is 0 Å². The van der Waals surface area contributed by atoms with E-state index in [0.717, 1.165) is 32.2 Å². The highest BCUT2D eigenvalue weighted by Gasteiger charge is 2.14. The highest BCUT2D eigenvalue weighted by molar-refractivity contribution is 4.67. The molecular weight excluding hydrogens is 200 g/mol. The Morgan fingerprint density at radius 1 is 1.44 bits per heavy atom. The van der Waals surface area contributed by atoms with E-state index in [0.29, 0.717) is 6.10 Å². The standard InChI is InChI=1S/C13H28N2O/c1-2-12(7-8-14)5-3-9-15-11-13-6-4-10-16-13/h12-13,15H,2-11,14H2,1H3. The van der Waals surface area contributed by atoms with Crippen molar-refractivity contribution in [2.45, 2.75) is 51.6 Å². The van der Waals surface area contributed by atoms with E-state index in [1.165, 1.54) is 38.5 Å². The highest BCUT2D eigenvalue weighted by atomic mass is 16.5. The summed E-state index contributed by atoms with van der Waals surface area (Å²) in [5.41, 5.74) is 5.59. The summed E-state index contributed by atoms with van der Waals surface area (Å²) in [6.45, 7) is 6.22. The third kappa shape index (κ3) is 5.83. The van der Waals surface area contributed by atoms with Crippen molar-refractivity contribution < 1.29 is 4.74 Å². The first-order valence-corrected chi connectivity index (χ1v) is 6.89. The molecule has 0 aromatic heterocycles. The molecule has 2 unspecified atom stereocenters. The van der Waals surface area contributed by atoms with E-state index in [1.807, 2.05) is 0 Å². The van der Waals surface area contributed by atoms with Gasteiger partial charge in [-0.25, -0.2) is 0 Å². The van der Waals surface area contributed by atoms with E-state index in [9.17, 15) is 0 Å². The van der Waals surface area contributed by atoms with Crippen molar-refractivity contribution in [3.8, 4) is 0 Å². The molecule has 0 aliphatic carbocycles. The Bertz CT molecular complexity index is 158. The minimum absolute atomic E-state index is 0.478. The fourth-order valence-electron chi connectivity index (χ4n) is 2.37. The quantitative estimate of drug-likeness (QED) is 0.593. The minimum Gasteiger partial charge on any atom is -0.377 e. The second-order valence-corrected chi connectivity index (χ2v) is 4.83. The molecule has 0 bridgehead atoms. The van der Waals surface area contributed by atoms with Crippen LogP contribution in [0.3, 0.4) is 0 Å². The van der Waals surface area contributed by atoms with Crippen LogP contribution < -0.4 is 11.1 Å². The lowest BCUT2D eigenvalue weighted by Gasteiger charge is -2.14. The van der Waals surface area contributed by atoms with Crippen molar-refractivity contribution in [2.75, 3.05) is 26.2 Å². The number of ether oxygens (including phenoxy) is 1. The van der Waals surface area contributed by atoms with Gasteiger partial charge in [0.25, 0.3) is 0 Å². The first-order chi connectivity index (χ1) is 7.86. The molecule has 3 heteroatoms. The van der Waals surface area contributed by atoms with Gasteiger partial charge in [0.15, 0.2) is 0 Å². The van der Waals surface area contributed by atoms with Gasteiger partial charge >= 0.3 is 0 Å². The molecule has 0 aromatic rings. The number of nitrogens with one attached hydrogen (secondary N) is 1. The van der Waals surface area contributed by atoms with Crippen LogP contribution in [0, 0.1) is 5.92 Å². The summed E-state index contributed by atoms with van der Waals surface area (Å²) in [7, 11) is 0. The molecule has 1 fully saturated rings. The Balaban J connectivity index is 1.89. The van der Waals surface area contributed by atoms with Crippen molar-refractivity contribution in [3.05, 3.63) is 0 Å². The minimum atomic E-state index is 0.478. The van der Waals surface area contributed by atoms with Crippen LogP contribution in [-0.4, -0.2) is 32.3 Å². The molecule has 3 nitrogen and oxygen atoms in total. The Kier molecular flexibility index (Phi) is 7.81. The zero-order chi connectivity index (χ0) is 11.6. The first-order valence-electron chi connectivity index (χ1n) is 6.89. The number of hydrogen-bond donors (Lipinski definition) is 2. The van der Waals surface area contributed by atoms with E-state index in [2.05, 4.69) is 12.2 Å². The molecule has 1 aliphatic rings. The van der Waals surface area contributed by atoms with Crippen molar-refractivity contribution in [1.29, 1.82) is 0 Å². The third-order valence-electron chi connectivity index (χ3n) is 3.51. The van der Waals surface area contributed by atoms with Crippen molar-refractivity contribution in [2.24, 2.45) is 11.7 Å². The fraction of sp³-hybridized carbons (Fsp3) is 1.00. The molecule has 0 saturated carbocycles. The van der Waals surface area contributed by atoms with Crippen LogP contribution in [0.2, 0.25) is 0 Å². The lowest BCUT2D eigenvalue weighted by molar-refractivity contribution is 0.110. The monoisotopic (exact) mass is 228 g/mol. The number of hydrogen-bond acceptors (Lipinski definition) is 3. The number of nitrogens with two attached hydrogens (primary N) is 1. The van der Waals surface area contributed by atoms with Crippen LogP contribution in [-0.2, 0) is 4.74 Å². The maximum Gasteiger partial charge on any atom is 0.0700 e. The average Bonchev–Trinajstić information content (AvgIpc) is 2.80. The molecule has 1 heterocycles. The van der Waals surface area contributed by atoms with Gasteiger partial charge in [-0.15, -0.1) is 0 Å². The van der Waals surface area contributed by atoms with Crippen molar-refractivity contribution >= 4 is 0 Å². The van der Waals surface area contributed by atoms with E-state index < -0.39 is 0 Å². The van der Waals surface area contributed by atoms with Gasteiger partial charge < -0.3 is 15.8 Å². The largest absolute Gasteiger partial charge is 0.377 e. The number of rotatable bonds is 9. The van der Waals surface area contributed by atoms with Gasteiger partial charge in [-0.2, -0.15) is 0 Å². The molecule has 1 saturated heterocycles. The molecule has 16 heavy (non-hydrogen) atoms. The molecule has 1 rings (SSSR count). The predicted octanol–water partition coefficient (Wildman–Crippen LogP) is 1.91. The summed E-state index contributed by atoms with van der Waals surface area (Å²) in [6, 6.07) is 0. The maximum atomic E-state index is 5.59. The van der Waals surface area contributed by atoms with E-state index in [4.69, 9.17) is 10.5 Å². The molecule has 3 N–H and O–H groups in total. The van der Waals surface area contributed by atoms with Crippen LogP contribution in [0.1, 0.15) is 45.4 Å². The Morgan fingerprint density at radius 2 is 2.31 bits per heavy atom. The molecule has 2 atom stereocenters. The van der Waals surface area contributed by atoms with Crippen LogP contribution in [0.5, 0.6) is 0 Å². The SMILES string of the molecule is CCC(CCN)CCCNCC1CCCO1. The fourth-order valence-corrected chi connectivity index (χ4v) is 2.37. The molecule has 0 amide bonds. The summed E-state index contributed by atoms with van der Waals surface area (Å²) < 4.78 is 5.56. The van der Waals surface area contributed by atoms with Gasteiger partial charge in [-0.1, -0.05) is 13.3 Å². The van der Waals surface area contributed by atoms with Gasteiger partial charge in [0, 0.05) is 13.2 Å². The highest BCUT2D eigenvalue weighted by Crippen LogP contribution is 2.14. The molecule has 96 valence electrons. The maximum absolute atomic E-state index is 5.59. The van der Waals surface area contributed by atoms with Crippen molar-refractivity contribution in [1.82, 2.24) is 5.32 Å². The zero-order valence-electron chi connectivity index (χ0n) is 10.7. The average molecular weight is 228 g/mol. The third-order valence-corrected chi connectivity index (χ3v) is 3.51. The van der Waals surface area contributed by atoms with Gasteiger partial charge in [0.2, 0.25) is 0 Å². The van der Waals surface area contributed by atoms with Crippen LogP contribution in [0.4, 0.5) is 0 Å². The summed E-state index contributed by atoms with van der Waals surface area (Å²) in [6.07, 6.45) is 7.98. The topological polar surface area (TPSA) is 47.3 Å². The van der Waals surface area contributed by atoms with Gasteiger partial charge in [-0.3, -0.25) is 0 Å². The van der Waals surface area contributed by atoms with E-state index >= 15 is 0 Å². The predicted molar refractivity (Wildman–Crippen MR) is 68.5 cm³/mol. The van der Waals surface area contributed by atoms with E-state index in [-0.39, 0.29) is 0 Å². The lowest BCUT2D eigenvalue weighted by Crippen LogP contribution is -2.27. The summed E-state index contributed by atoms with van der Waals surface area (Å²) in [5, 5.41) is 3.49. The molecule has 1 aliphatic heterocycles. The lowest BCUT2D eigenvalue weighted by atomic mass is 9.97. The second-order valence-electron chi connectivity index (χ2n) is 4.83. The smallest absolute Gasteiger partial charge is 0.0700 e. The Labute approximate surface area is 100 Å². The first kappa shape index (κ1) is 13.9. The summed E-state index contributed by atoms with van der Waals surface area (Å²) in [4.78, 5) is 0. The Hall–Kier alpha value is -0.120. The van der Waals surface area contributed by atoms with Gasteiger partial charge in [-0.05, 0) is 51.1 Å². The molecular formula is C13H28N2O.